The highest BCUT2D eigenvalue weighted by Gasteiger charge is 2.24. The molecule has 0 heterocycles. The summed E-state index contributed by atoms with van der Waals surface area (Å²) in [6, 6.07) is 7.20. The maximum atomic E-state index is 5.72. The third kappa shape index (κ3) is 3.08. The smallest absolute Gasteiger partial charge is 0.0279 e. The van der Waals surface area contributed by atoms with Crippen LogP contribution in [0, 0.1) is 19.8 Å². The van der Waals surface area contributed by atoms with E-state index in [1.807, 2.05) is 0 Å². The molecule has 94 valence electrons. The molecule has 1 unspecified atom stereocenters. The van der Waals surface area contributed by atoms with Crippen molar-refractivity contribution in [3.8, 4) is 0 Å². The van der Waals surface area contributed by atoms with Gasteiger partial charge in [-0.2, -0.15) is 0 Å². The van der Waals surface area contributed by atoms with Gasteiger partial charge in [0.05, 0.1) is 0 Å². The van der Waals surface area contributed by atoms with Crippen molar-refractivity contribution in [1.29, 1.82) is 0 Å². The Bertz CT molecular complexity index is 367. The predicted octanol–water partition coefficient (Wildman–Crippen LogP) is 2.87. The lowest BCUT2D eigenvalue weighted by molar-refractivity contribution is 0.361. The Morgan fingerprint density at radius 2 is 1.94 bits per heavy atom. The molecule has 0 aliphatic heterocycles. The second-order valence-corrected chi connectivity index (χ2v) is 5.44. The van der Waals surface area contributed by atoms with Gasteiger partial charge in [0, 0.05) is 6.04 Å². The highest BCUT2D eigenvalue weighted by molar-refractivity contribution is 5.30. The maximum Gasteiger partial charge on any atom is 0.0279 e. The van der Waals surface area contributed by atoms with E-state index in [1.54, 1.807) is 0 Å². The van der Waals surface area contributed by atoms with E-state index < -0.39 is 0 Å². The number of hydrogen-bond acceptors (Lipinski definition) is 2. The molecule has 2 nitrogen and oxygen atoms in total. The quantitative estimate of drug-likeness (QED) is 0.619. The summed E-state index contributed by atoms with van der Waals surface area (Å²) < 4.78 is 0. The van der Waals surface area contributed by atoms with Crippen molar-refractivity contribution in [2.24, 2.45) is 11.8 Å². The molecule has 1 saturated carbocycles. The number of nitrogens with one attached hydrogen (secondary N) is 1. The van der Waals surface area contributed by atoms with Gasteiger partial charge < -0.3 is 0 Å². The second kappa shape index (κ2) is 5.65. The summed E-state index contributed by atoms with van der Waals surface area (Å²) >= 11 is 0. The van der Waals surface area contributed by atoms with Crippen LogP contribution in [0.4, 0.5) is 0 Å². The average molecular weight is 232 g/mol. The van der Waals surface area contributed by atoms with E-state index in [-0.39, 0.29) is 0 Å². The predicted molar refractivity (Wildman–Crippen MR) is 72.7 cm³/mol. The van der Waals surface area contributed by atoms with Crippen LogP contribution in [0.3, 0.4) is 0 Å². The molecular weight excluding hydrogens is 208 g/mol. The number of rotatable bonds is 4. The summed E-state index contributed by atoms with van der Waals surface area (Å²) in [5, 5.41) is 0. The largest absolute Gasteiger partial charge is 0.271 e. The third-order valence-electron chi connectivity index (χ3n) is 4.21. The maximum absolute atomic E-state index is 5.72. The van der Waals surface area contributed by atoms with E-state index in [9.17, 15) is 0 Å². The fraction of sp³-hybridized carbons (Fsp3) is 0.600. The summed E-state index contributed by atoms with van der Waals surface area (Å²) in [4.78, 5) is 0. The van der Waals surface area contributed by atoms with E-state index in [4.69, 9.17) is 5.84 Å². The normalized spacial score (nSPS) is 18.5. The van der Waals surface area contributed by atoms with E-state index in [0.29, 0.717) is 6.04 Å². The van der Waals surface area contributed by atoms with Crippen molar-refractivity contribution in [2.75, 3.05) is 0 Å². The van der Waals surface area contributed by atoms with Gasteiger partial charge >= 0.3 is 0 Å². The van der Waals surface area contributed by atoms with Gasteiger partial charge in [-0.1, -0.05) is 31.0 Å². The first-order valence-electron chi connectivity index (χ1n) is 6.73. The second-order valence-electron chi connectivity index (χ2n) is 5.44. The Hall–Kier alpha value is -0.860. The van der Waals surface area contributed by atoms with Crippen LogP contribution in [0.25, 0.3) is 0 Å². The van der Waals surface area contributed by atoms with E-state index >= 15 is 0 Å². The average Bonchev–Trinajstić information content (AvgIpc) is 2.84. The van der Waals surface area contributed by atoms with Crippen LogP contribution in [-0.4, -0.2) is 6.04 Å². The molecular formula is C15H24N2. The number of benzene rings is 1. The SMILES string of the molecule is Cc1ccc(CC(NN)C2CCCC2)cc1C. The molecule has 1 aromatic carbocycles. The standard InChI is InChI=1S/C15H24N2/c1-11-7-8-13(9-12(11)2)10-15(17-16)14-5-3-4-6-14/h7-9,14-15,17H,3-6,10,16H2,1-2H3. The Balaban J connectivity index is 2.04. The monoisotopic (exact) mass is 232 g/mol. The summed E-state index contributed by atoms with van der Waals surface area (Å²) in [7, 11) is 0. The van der Waals surface area contributed by atoms with Crippen LogP contribution in [-0.2, 0) is 6.42 Å². The molecule has 3 N–H and O–H groups in total. The first-order valence-corrected chi connectivity index (χ1v) is 6.73. The molecule has 0 amide bonds. The molecule has 2 heteroatoms. The van der Waals surface area contributed by atoms with Crippen molar-refractivity contribution in [2.45, 2.75) is 52.0 Å². The summed E-state index contributed by atoms with van der Waals surface area (Å²) in [5.74, 6) is 6.48. The molecule has 0 bridgehead atoms. The molecule has 0 saturated heterocycles. The molecule has 2 rings (SSSR count). The first-order chi connectivity index (χ1) is 8.20. The van der Waals surface area contributed by atoms with Crippen molar-refractivity contribution in [1.82, 2.24) is 5.43 Å². The van der Waals surface area contributed by atoms with Crippen molar-refractivity contribution < 1.29 is 0 Å². The fourth-order valence-corrected chi connectivity index (χ4v) is 2.91. The fourth-order valence-electron chi connectivity index (χ4n) is 2.91. The van der Waals surface area contributed by atoms with E-state index in [1.165, 1.54) is 42.4 Å². The number of hydrogen-bond donors (Lipinski definition) is 2. The van der Waals surface area contributed by atoms with E-state index in [0.717, 1.165) is 12.3 Å². The Morgan fingerprint density at radius 1 is 1.24 bits per heavy atom. The molecule has 1 fully saturated rings. The minimum Gasteiger partial charge on any atom is -0.271 e. The molecule has 0 spiro atoms. The highest BCUT2D eigenvalue weighted by atomic mass is 15.2. The van der Waals surface area contributed by atoms with Gasteiger partial charge in [-0.15, -0.1) is 0 Å². The molecule has 1 aliphatic carbocycles. The lowest BCUT2D eigenvalue weighted by atomic mass is 9.91. The lowest BCUT2D eigenvalue weighted by Crippen LogP contribution is -2.41. The van der Waals surface area contributed by atoms with Crippen LogP contribution in [0.5, 0.6) is 0 Å². The first kappa shape index (κ1) is 12.6. The van der Waals surface area contributed by atoms with Gasteiger partial charge in [-0.05, 0) is 55.7 Å². The number of nitrogens with two attached hydrogens (primary N) is 1. The van der Waals surface area contributed by atoms with Gasteiger partial charge in [0.1, 0.15) is 0 Å². The van der Waals surface area contributed by atoms with Gasteiger partial charge in [0.25, 0.3) is 0 Å². The van der Waals surface area contributed by atoms with Crippen LogP contribution in [0.1, 0.15) is 42.4 Å². The molecule has 1 aliphatic rings. The lowest BCUT2D eigenvalue weighted by Gasteiger charge is -2.22. The van der Waals surface area contributed by atoms with Crippen molar-refractivity contribution >= 4 is 0 Å². The summed E-state index contributed by atoms with van der Waals surface area (Å²) in [5.41, 5.74) is 7.18. The Kier molecular flexibility index (Phi) is 4.19. The molecule has 17 heavy (non-hydrogen) atoms. The topological polar surface area (TPSA) is 38.0 Å². The van der Waals surface area contributed by atoms with Crippen LogP contribution >= 0.6 is 0 Å². The number of hydrazine groups is 1. The molecule has 0 aromatic heterocycles. The van der Waals surface area contributed by atoms with E-state index in [2.05, 4.69) is 37.5 Å². The molecule has 1 aromatic rings. The third-order valence-corrected chi connectivity index (χ3v) is 4.21. The highest BCUT2D eigenvalue weighted by Crippen LogP contribution is 2.29. The number of aryl methyl sites for hydroxylation is 2. The van der Waals surface area contributed by atoms with Crippen LogP contribution in [0.15, 0.2) is 18.2 Å². The molecule has 0 radical (unpaired) electrons. The summed E-state index contributed by atoms with van der Waals surface area (Å²) in [6.07, 6.45) is 6.47. The molecule has 1 atom stereocenters. The minimum absolute atomic E-state index is 0.444. The zero-order chi connectivity index (χ0) is 12.3. The van der Waals surface area contributed by atoms with Crippen molar-refractivity contribution in [3.05, 3.63) is 34.9 Å². The zero-order valence-corrected chi connectivity index (χ0v) is 11.0. The Labute approximate surface area is 105 Å². The van der Waals surface area contributed by atoms with Crippen LogP contribution < -0.4 is 11.3 Å². The van der Waals surface area contributed by atoms with Gasteiger partial charge in [0.15, 0.2) is 0 Å². The Morgan fingerprint density at radius 3 is 2.53 bits per heavy atom. The van der Waals surface area contributed by atoms with Gasteiger partial charge in [-0.25, -0.2) is 0 Å². The zero-order valence-electron chi connectivity index (χ0n) is 11.0. The minimum atomic E-state index is 0.444. The van der Waals surface area contributed by atoms with Gasteiger partial charge in [0.2, 0.25) is 0 Å². The van der Waals surface area contributed by atoms with Crippen LogP contribution in [0.2, 0.25) is 0 Å². The van der Waals surface area contributed by atoms with Gasteiger partial charge in [-0.3, -0.25) is 11.3 Å². The van der Waals surface area contributed by atoms with Crippen molar-refractivity contribution in [3.63, 3.8) is 0 Å². The summed E-state index contributed by atoms with van der Waals surface area (Å²) in [6.45, 7) is 4.34.